The molecule has 7 nitrogen and oxygen atoms in total. The van der Waals surface area contributed by atoms with Gasteiger partial charge in [0.1, 0.15) is 23.7 Å². The number of amides is 1. The second kappa shape index (κ2) is 9.13. The molecule has 2 aromatic heterocycles. The maximum atomic E-state index is 13.7. The number of aryl methyl sites for hydroxylation is 1. The van der Waals surface area contributed by atoms with Crippen LogP contribution in [-0.2, 0) is 13.0 Å². The van der Waals surface area contributed by atoms with Gasteiger partial charge < -0.3 is 9.64 Å². The van der Waals surface area contributed by atoms with Crippen LogP contribution in [0.25, 0.3) is 10.8 Å². The fourth-order valence-electron chi connectivity index (χ4n) is 5.89. The van der Waals surface area contributed by atoms with Crippen LogP contribution in [0, 0.1) is 12.8 Å². The molecule has 2 aliphatic rings. The SMILES string of the molecule is Cc1nonc1COc1ccccc1C(=O)N1[C@H]2CC[C@H]1CC(Cc1cccc3ccncc13)C2. The zero-order valence-corrected chi connectivity index (χ0v) is 19.8. The average Bonchev–Trinajstić information content (AvgIpc) is 3.42. The first-order chi connectivity index (χ1) is 17.2. The lowest BCUT2D eigenvalue weighted by Gasteiger charge is -2.39. The summed E-state index contributed by atoms with van der Waals surface area (Å²) in [4.78, 5) is 20.2. The molecule has 2 saturated heterocycles. The molecule has 7 heteroatoms. The number of rotatable bonds is 6. The Bertz CT molecular complexity index is 1350. The van der Waals surface area contributed by atoms with Gasteiger partial charge in [-0.2, -0.15) is 0 Å². The smallest absolute Gasteiger partial charge is 0.258 e. The number of hydrogen-bond donors (Lipinski definition) is 0. The summed E-state index contributed by atoms with van der Waals surface area (Å²) in [6.07, 6.45) is 9.06. The number of fused-ring (bicyclic) bond motifs is 3. The van der Waals surface area contributed by atoms with E-state index in [0.29, 0.717) is 28.6 Å². The zero-order valence-electron chi connectivity index (χ0n) is 19.8. The van der Waals surface area contributed by atoms with Gasteiger partial charge in [-0.1, -0.05) is 40.6 Å². The van der Waals surface area contributed by atoms with E-state index in [9.17, 15) is 4.79 Å². The topological polar surface area (TPSA) is 81.3 Å². The Morgan fingerprint density at radius 2 is 1.89 bits per heavy atom. The molecule has 2 atom stereocenters. The van der Waals surface area contributed by atoms with Gasteiger partial charge in [-0.3, -0.25) is 9.78 Å². The van der Waals surface area contributed by atoms with Crippen LogP contribution in [0.5, 0.6) is 5.75 Å². The van der Waals surface area contributed by atoms with Gasteiger partial charge in [0.05, 0.1) is 5.56 Å². The zero-order chi connectivity index (χ0) is 23.8. The van der Waals surface area contributed by atoms with Crippen LogP contribution < -0.4 is 4.74 Å². The summed E-state index contributed by atoms with van der Waals surface area (Å²) >= 11 is 0. The quantitative estimate of drug-likeness (QED) is 0.390. The molecule has 0 saturated carbocycles. The Morgan fingerprint density at radius 1 is 1.06 bits per heavy atom. The minimum absolute atomic E-state index is 0.0657. The van der Waals surface area contributed by atoms with Gasteiger partial charge in [0.25, 0.3) is 5.91 Å². The number of para-hydroxylation sites is 1. The van der Waals surface area contributed by atoms with E-state index in [1.54, 1.807) is 0 Å². The first-order valence-electron chi connectivity index (χ1n) is 12.3. The number of carbonyl (C=O) groups is 1. The van der Waals surface area contributed by atoms with Crippen molar-refractivity contribution >= 4 is 16.7 Å². The van der Waals surface area contributed by atoms with Gasteiger partial charge in [0.2, 0.25) is 0 Å². The lowest BCUT2D eigenvalue weighted by atomic mass is 9.84. The summed E-state index contributed by atoms with van der Waals surface area (Å²) in [5.74, 6) is 1.21. The standard InChI is InChI=1S/C28H28N4O3/c1-18-26(31-35-30-18)17-34-27-8-3-2-7-24(27)28(33)32-22-9-10-23(32)15-19(14-22)13-21-6-4-5-20-11-12-29-16-25(20)21/h2-8,11-12,16,19,22-23H,9-10,13-15,17H2,1H3/t22-,23-/m0/s1. The van der Waals surface area contributed by atoms with Crippen LogP contribution >= 0.6 is 0 Å². The van der Waals surface area contributed by atoms with Gasteiger partial charge >= 0.3 is 0 Å². The normalized spacial score (nSPS) is 21.4. The summed E-state index contributed by atoms with van der Waals surface area (Å²) in [6, 6.07) is 16.6. The number of hydrogen-bond acceptors (Lipinski definition) is 6. The van der Waals surface area contributed by atoms with Gasteiger partial charge in [-0.25, -0.2) is 4.63 Å². The Balaban J connectivity index is 1.18. The number of carbonyl (C=O) groups excluding carboxylic acids is 1. The predicted molar refractivity (Wildman–Crippen MR) is 131 cm³/mol. The summed E-state index contributed by atoms with van der Waals surface area (Å²) < 4.78 is 10.8. The second-order valence-electron chi connectivity index (χ2n) is 9.73. The molecule has 4 aromatic rings. The average molecular weight is 469 g/mol. The van der Waals surface area contributed by atoms with Crippen LogP contribution in [0.2, 0.25) is 0 Å². The molecule has 0 spiro atoms. The van der Waals surface area contributed by atoms with E-state index in [1.165, 1.54) is 16.3 Å². The number of pyridine rings is 1. The molecular formula is C28H28N4O3. The Morgan fingerprint density at radius 3 is 2.69 bits per heavy atom. The highest BCUT2D eigenvalue weighted by Gasteiger charge is 2.43. The van der Waals surface area contributed by atoms with Crippen molar-refractivity contribution in [2.24, 2.45) is 5.92 Å². The van der Waals surface area contributed by atoms with Crippen molar-refractivity contribution in [3.05, 3.63) is 83.4 Å². The highest BCUT2D eigenvalue weighted by molar-refractivity contribution is 5.97. The highest BCUT2D eigenvalue weighted by Crippen LogP contribution is 2.42. The Kier molecular flexibility index (Phi) is 5.68. The summed E-state index contributed by atoms with van der Waals surface area (Å²) in [5, 5.41) is 10.2. The molecule has 0 aliphatic carbocycles. The molecule has 2 fully saturated rings. The van der Waals surface area contributed by atoms with Gasteiger partial charge in [0.15, 0.2) is 0 Å². The van der Waals surface area contributed by atoms with E-state index in [1.807, 2.05) is 43.6 Å². The minimum atomic E-state index is 0.0657. The van der Waals surface area contributed by atoms with E-state index >= 15 is 0 Å². The molecule has 0 unspecified atom stereocenters. The third-order valence-corrected chi connectivity index (χ3v) is 7.58. The lowest BCUT2D eigenvalue weighted by Crippen LogP contribution is -2.47. The number of piperidine rings is 1. The fraction of sp³-hybridized carbons (Fsp3) is 0.357. The van der Waals surface area contributed by atoms with Gasteiger partial charge in [-0.05, 0) is 74.1 Å². The molecule has 2 bridgehead atoms. The number of nitrogens with zero attached hydrogens (tertiary/aromatic N) is 4. The van der Waals surface area contributed by atoms with Crippen molar-refractivity contribution in [1.82, 2.24) is 20.2 Å². The van der Waals surface area contributed by atoms with Crippen molar-refractivity contribution in [3.8, 4) is 5.75 Å². The fourth-order valence-corrected chi connectivity index (χ4v) is 5.89. The van der Waals surface area contributed by atoms with E-state index < -0.39 is 0 Å². The van der Waals surface area contributed by atoms with E-state index in [4.69, 9.17) is 9.37 Å². The third-order valence-electron chi connectivity index (χ3n) is 7.58. The van der Waals surface area contributed by atoms with Crippen molar-refractivity contribution in [3.63, 3.8) is 0 Å². The first kappa shape index (κ1) is 21.8. The molecule has 2 aromatic carbocycles. The summed E-state index contributed by atoms with van der Waals surface area (Å²) in [7, 11) is 0. The number of benzene rings is 2. The predicted octanol–water partition coefficient (Wildman–Crippen LogP) is 5.13. The summed E-state index contributed by atoms with van der Waals surface area (Å²) in [6.45, 7) is 2.04. The largest absolute Gasteiger partial charge is 0.486 e. The Labute approximate surface area is 204 Å². The van der Waals surface area contributed by atoms with Crippen LogP contribution in [0.3, 0.4) is 0 Å². The maximum Gasteiger partial charge on any atom is 0.258 e. The molecule has 2 aliphatic heterocycles. The van der Waals surface area contributed by atoms with E-state index in [2.05, 4.69) is 44.5 Å². The van der Waals surface area contributed by atoms with Crippen LogP contribution in [-0.4, -0.2) is 38.2 Å². The minimum Gasteiger partial charge on any atom is -0.486 e. The summed E-state index contributed by atoms with van der Waals surface area (Å²) in [5.41, 5.74) is 3.29. The molecule has 1 amide bonds. The lowest BCUT2D eigenvalue weighted by molar-refractivity contribution is 0.0520. The van der Waals surface area contributed by atoms with Crippen molar-refractivity contribution in [1.29, 1.82) is 0 Å². The molecule has 35 heavy (non-hydrogen) atoms. The monoisotopic (exact) mass is 468 g/mol. The van der Waals surface area contributed by atoms with Crippen LogP contribution in [0.1, 0.15) is 53.0 Å². The molecule has 4 heterocycles. The van der Waals surface area contributed by atoms with Gasteiger partial charge in [-0.15, -0.1) is 0 Å². The number of ether oxygens (including phenoxy) is 1. The first-order valence-corrected chi connectivity index (χ1v) is 12.3. The van der Waals surface area contributed by atoms with Crippen LogP contribution in [0.15, 0.2) is 65.6 Å². The highest BCUT2D eigenvalue weighted by atomic mass is 16.6. The van der Waals surface area contributed by atoms with Crippen molar-refractivity contribution in [2.75, 3.05) is 0 Å². The molecule has 0 N–H and O–H groups in total. The molecular weight excluding hydrogens is 440 g/mol. The van der Waals surface area contributed by atoms with E-state index in [-0.39, 0.29) is 24.6 Å². The van der Waals surface area contributed by atoms with Crippen molar-refractivity contribution in [2.45, 2.75) is 57.7 Å². The third kappa shape index (κ3) is 4.16. The Hall–Kier alpha value is -3.74. The van der Waals surface area contributed by atoms with Gasteiger partial charge in [0, 0.05) is 29.9 Å². The maximum absolute atomic E-state index is 13.7. The van der Waals surface area contributed by atoms with Crippen LogP contribution in [0.4, 0.5) is 0 Å². The number of aromatic nitrogens is 3. The van der Waals surface area contributed by atoms with E-state index in [0.717, 1.165) is 32.1 Å². The van der Waals surface area contributed by atoms with Crippen molar-refractivity contribution < 1.29 is 14.2 Å². The molecule has 0 radical (unpaired) electrons. The second-order valence-corrected chi connectivity index (χ2v) is 9.73. The molecule has 178 valence electrons. The molecule has 6 rings (SSSR count).